The predicted molar refractivity (Wildman–Crippen MR) is 61.9 cm³/mol. The molecule has 1 unspecified atom stereocenters. The number of aliphatic hydroxyl groups excluding tert-OH is 1. The number of hydrogen-bond acceptors (Lipinski definition) is 3. The zero-order chi connectivity index (χ0) is 10.7. The van der Waals surface area contributed by atoms with E-state index >= 15 is 0 Å². The minimum Gasteiger partial charge on any atom is -0.392 e. The SMILES string of the molecule is CC(O)CN(CCCNC1CC1)C1CC1. The Morgan fingerprint density at radius 1 is 1.33 bits per heavy atom. The van der Waals surface area contributed by atoms with E-state index in [1.54, 1.807) is 0 Å². The molecule has 0 heterocycles. The summed E-state index contributed by atoms with van der Waals surface area (Å²) in [6, 6.07) is 1.61. The van der Waals surface area contributed by atoms with Crippen molar-refractivity contribution in [3.63, 3.8) is 0 Å². The Morgan fingerprint density at radius 3 is 2.60 bits per heavy atom. The van der Waals surface area contributed by atoms with Crippen LogP contribution >= 0.6 is 0 Å². The van der Waals surface area contributed by atoms with Crippen LogP contribution in [-0.2, 0) is 0 Å². The molecule has 88 valence electrons. The maximum Gasteiger partial charge on any atom is 0.0639 e. The van der Waals surface area contributed by atoms with Crippen LogP contribution in [0.25, 0.3) is 0 Å². The van der Waals surface area contributed by atoms with Crippen LogP contribution in [0, 0.1) is 0 Å². The van der Waals surface area contributed by atoms with Crippen LogP contribution in [0.4, 0.5) is 0 Å². The molecule has 0 aromatic rings. The molecule has 2 aliphatic rings. The van der Waals surface area contributed by atoms with Gasteiger partial charge in [0.15, 0.2) is 0 Å². The van der Waals surface area contributed by atoms with E-state index in [0.29, 0.717) is 0 Å². The van der Waals surface area contributed by atoms with Crippen LogP contribution < -0.4 is 5.32 Å². The molecule has 0 aliphatic heterocycles. The van der Waals surface area contributed by atoms with Gasteiger partial charge in [-0.05, 0) is 52.1 Å². The molecule has 3 nitrogen and oxygen atoms in total. The highest BCUT2D eigenvalue weighted by molar-refractivity contribution is 4.86. The summed E-state index contributed by atoms with van der Waals surface area (Å²) in [5.74, 6) is 0. The Bertz CT molecular complexity index is 188. The van der Waals surface area contributed by atoms with E-state index in [1.807, 2.05) is 6.92 Å². The van der Waals surface area contributed by atoms with Gasteiger partial charge in [-0.15, -0.1) is 0 Å². The Hall–Kier alpha value is -0.120. The van der Waals surface area contributed by atoms with Gasteiger partial charge in [-0.2, -0.15) is 0 Å². The molecule has 0 bridgehead atoms. The van der Waals surface area contributed by atoms with Crippen molar-refractivity contribution >= 4 is 0 Å². The van der Waals surface area contributed by atoms with Gasteiger partial charge in [0.1, 0.15) is 0 Å². The third-order valence-corrected chi connectivity index (χ3v) is 3.19. The van der Waals surface area contributed by atoms with Gasteiger partial charge in [0.05, 0.1) is 6.10 Å². The first-order valence-electron chi connectivity index (χ1n) is 6.41. The largest absolute Gasteiger partial charge is 0.392 e. The second-order valence-electron chi connectivity index (χ2n) is 5.16. The average Bonchev–Trinajstić information content (AvgIpc) is 3.01. The molecule has 0 radical (unpaired) electrons. The lowest BCUT2D eigenvalue weighted by molar-refractivity contribution is 0.121. The molecule has 1 atom stereocenters. The third kappa shape index (κ3) is 4.49. The van der Waals surface area contributed by atoms with Crippen LogP contribution in [0.5, 0.6) is 0 Å². The van der Waals surface area contributed by atoms with Gasteiger partial charge in [0, 0.05) is 18.6 Å². The molecule has 0 aromatic heterocycles. The Labute approximate surface area is 92.8 Å². The van der Waals surface area contributed by atoms with E-state index in [0.717, 1.165) is 31.7 Å². The molecule has 2 fully saturated rings. The lowest BCUT2D eigenvalue weighted by atomic mass is 10.3. The van der Waals surface area contributed by atoms with Gasteiger partial charge in [0.25, 0.3) is 0 Å². The summed E-state index contributed by atoms with van der Waals surface area (Å²) in [5, 5.41) is 12.9. The monoisotopic (exact) mass is 212 g/mol. The summed E-state index contributed by atoms with van der Waals surface area (Å²) in [6.45, 7) is 5.04. The maximum atomic E-state index is 9.40. The van der Waals surface area contributed by atoms with Gasteiger partial charge in [-0.1, -0.05) is 0 Å². The molecule has 2 aliphatic carbocycles. The lowest BCUT2D eigenvalue weighted by Gasteiger charge is -2.23. The summed E-state index contributed by atoms with van der Waals surface area (Å²) in [4.78, 5) is 2.46. The number of aliphatic hydroxyl groups is 1. The quantitative estimate of drug-likeness (QED) is 0.589. The zero-order valence-corrected chi connectivity index (χ0v) is 9.78. The number of nitrogens with zero attached hydrogens (tertiary/aromatic N) is 1. The van der Waals surface area contributed by atoms with Crippen molar-refractivity contribution in [2.45, 2.75) is 57.2 Å². The molecule has 0 saturated heterocycles. The third-order valence-electron chi connectivity index (χ3n) is 3.19. The molecule has 15 heavy (non-hydrogen) atoms. The van der Waals surface area contributed by atoms with Gasteiger partial charge >= 0.3 is 0 Å². The van der Waals surface area contributed by atoms with Crippen molar-refractivity contribution < 1.29 is 5.11 Å². The summed E-state index contributed by atoms with van der Waals surface area (Å²) in [7, 11) is 0. The van der Waals surface area contributed by atoms with Crippen molar-refractivity contribution in [3.05, 3.63) is 0 Å². The molecule has 2 N–H and O–H groups in total. The normalized spacial score (nSPS) is 23.4. The van der Waals surface area contributed by atoms with Gasteiger partial charge in [-0.25, -0.2) is 0 Å². The molecular formula is C12H24N2O. The van der Waals surface area contributed by atoms with E-state index < -0.39 is 0 Å². The highest BCUT2D eigenvalue weighted by Crippen LogP contribution is 2.27. The zero-order valence-electron chi connectivity index (χ0n) is 9.78. The number of rotatable bonds is 8. The smallest absolute Gasteiger partial charge is 0.0639 e. The predicted octanol–water partition coefficient (Wildman–Crippen LogP) is 0.974. The van der Waals surface area contributed by atoms with Crippen molar-refractivity contribution in [1.82, 2.24) is 10.2 Å². The van der Waals surface area contributed by atoms with Crippen LogP contribution in [0.1, 0.15) is 39.0 Å². The second kappa shape index (κ2) is 5.28. The Morgan fingerprint density at radius 2 is 2.07 bits per heavy atom. The van der Waals surface area contributed by atoms with Crippen LogP contribution in [-0.4, -0.2) is 47.8 Å². The topological polar surface area (TPSA) is 35.5 Å². The van der Waals surface area contributed by atoms with Crippen molar-refractivity contribution in [1.29, 1.82) is 0 Å². The van der Waals surface area contributed by atoms with Gasteiger partial charge in [0.2, 0.25) is 0 Å². The van der Waals surface area contributed by atoms with Crippen LogP contribution in [0.3, 0.4) is 0 Å². The standard InChI is InChI=1S/C12H24N2O/c1-10(15)9-14(12-5-6-12)8-2-7-13-11-3-4-11/h10-13,15H,2-9H2,1H3. The Balaban J connectivity index is 1.55. The van der Waals surface area contributed by atoms with E-state index in [1.165, 1.54) is 32.1 Å². The van der Waals surface area contributed by atoms with Crippen molar-refractivity contribution in [3.8, 4) is 0 Å². The fourth-order valence-corrected chi connectivity index (χ4v) is 2.08. The summed E-state index contributed by atoms with van der Waals surface area (Å²) in [5.41, 5.74) is 0. The van der Waals surface area contributed by atoms with E-state index in [-0.39, 0.29) is 6.10 Å². The summed E-state index contributed by atoms with van der Waals surface area (Å²) in [6.07, 6.45) is 6.47. The first-order chi connectivity index (χ1) is 7.25. The molecule has 0 amide bonds. The minimum absolute atomic E-state index is 0.179. The first-order valence-corrected chi connectivity index (χ1v) is 6.41. The van der Waals surface area contributed by atoms with E-state index in [9.17, 15) is 5.11 Å². The van der Waals surface area contributed by atoms with Gasteiger partial charge in [-0.3, -0.25) is 4.90 Å². The fourth-order valence-electron chi connectivity index (χ4n) is 2.08. The highest BCUT2D eigenvalue weighted by Gasteiger charge is 2.29. The van der Waals surface area contributed by atoms with Crippen molar-refractivity contribution in [2.75, 3.05) is 19.6 Å². The van der Waals surface area contributed by atoms with Crippen LogP contribution in [0.15, 0.2) is 0 Å². The van der Waals surface area contributed by atoms with Gasteiger partial charge < -0.3 is 10.4 Å². The molecule has 2 rings (SSSR count). The van der Waals surface area contributed by atoms with Crippen molar-refractivity contribution in [2.24, 2.45) is 0 Å². The highest BCUT2D eigenvalue weighted by atomic mass is 16.3. The molecular weight excluding hydrogens is 188 g/mol. The molecule has 0 aromatic carbocycles. The van der Waals surface area contributed by atoms with E-state index in [4.69, 9.17) is 0 Å². The minimum atomic E-state index is -0.179. The molecule has 2 saturated carbocycles. The maximum absolute atomic E-state index is 9.40. The summed E-state index contributed by atoms with van der Waals surface area (Å²) >= 11 is 0. The van der Waals surface area contributed by atoms with E-state index in [2.05, 4.69) is 10.2 Å². The summed E-state index contributed by atoms with van der Waals surface area (Å²) < 4.78 is 0. The average molecular weight is 212 g/mol. The second-order valence-corrected chi connectivity index (χ2v) is 5.16. The molecule has 3 heteroatoms. The fraction of sp³-hybridized carbons (Fsp3) is 1.00. The molecule has 0 spiro atoms. The number of nitrogens with one attached hydrogen (secondary N) is 1. The Kier molecular flexibility index (Phi) is 4.00. The lowest BCUT2D eigenvalue weighted by Crippen LogP contribution is -2.35. The first kappa shape index (κ1) is 11.4. The number of hydrogen-bond donors (Lipinski definition) is 2. The van der Waals surface area contributed by atoms with Crippen LogP contribution in [0.2, 0.25) is 0 Å².